The summed E-state index contributed by atoms with van der Waals surface area (Å²) >= 11 is 0. The zero-order valence-corrected chi connectivity index (χ0v) is 18.2. The van der Waals surface area contributed by atoms with Crippen LogP contribution in [-0.4, -0.2) is 33.8 Å². The third-order valence-electron chi connectivity index (χ3n) is 5.31. The highest BCUT2D eigenvalue weighted by Gasteiger charge is 2.35. The Labute approximate surface area is 192 Å². The number of non-ortho nitro benzene ring substituents is 1. The molecule has 1 aliphatic heterocycles. The van der Waals surface area contributed by atoms with Crippen LogP contribution < -0.4 is 26.2 Å². The number of aryl methyl sites for hydroxylation is 1. The van der Waals surface area contributed by atoms with Gasteiger partial charge < -0.3 is 20.7 Å². The Morgan fingerprint density at radius 3 is 2.62 bits per heavy atom. The molecule has 0 aliphatic carbocycles. The maximum atomic E-state index is 13.0. The van der Waals surface area contributed by atoms with Gasteiger partial charge in [0.15, 0.2) is 0 Å². The summed E-state index contributed by atoms with van der Waals surface area (Å²) in [4.78, 5) is 55.5. The van der Waals surface area contributed by atoms with Crippen molar-refractivity contribution in [2.75, 3.05) is 23.1 Å². The van der Waals surface area contributed by atoms with E-state index < -0.39 is 28.2 Å². The summed E-state index contributed by atoms with van der Waals surface area (Å²) < 4.78 is 5.11. The molecule has 1 aliphatic rings. The van der Waals surface area contributed by atoms with Gasteiger partial charge >= 0.3 is 0 Å². The van der Waals surface area contributed by atoms with Crippen molar-refractivity contribution >= 4 is 40.6 Å². The number of H-pyrrole nitrogens is 1. The maximum Gasteiger partial charge on any atom is 0.271 e. The lowest BCUT2D eigenvalue weighted by atomic mass is 9.92. The van der Waals surface area contributed by atoms with E-state index in [2.05, 4.69) is 25.9 Å². The fourth-order valence-electron chi connectivity index (χ4n) is 3.54. The number of rotatable bonds is 6. The number of methoxy groups -OCH3 is 1. The molecule has 2 heterocycles. The van der Waals surface area contributed by atoms with Gasteiger partial charge in [-0.25, -0.2) is 0 Å². The fourth-order valence-corrected chi connectivity index (χ4v) is 3.54. The van der Waals surface area contributed by atoms with Crippen molar-refractivity contribution in [2.24, 2.45) is 0 Å². The minimum absolute atomic E-state index is 0.000430. The molecule has 174 valence electrons. The van der Waals surface area contributed by atoms with Crippen LogP contribution in [0.5, 0.6) is 5.75 Å². The van der Waals surface area contributed by atoms with Gasteiger partial charge in [0.2, 0.25) is 17.8 Å². The Morgan fingerprint density at radius 2 is 1.94 bits per heavy atom. The Bertz CT molecular complexity index is 1350. The molecule has 2 amide bonds. The highest BCUT2D eigenvalue weighted by molar-refractivity contribution is 6.04. The fraction of sp³-hybridized carbons (Fsp3) is 0.182. The van der Waals surface area contributed by atoms with Gasteiger partial charge in [0.05, 0.1) is 29.2 Å². The predicted molar refractivity (Wildman–Crippen MR) is 124 cm³/mol. The molecule has 0 unspecified atom stereocenters. The lowest BCUT2D eigenvalue weighted by Gasteiger charge is -2.24. The molecular weight excluding hydrogens is 444 g/mol. The van der Waals surface area contributed by atoms with Crippen molar-refractivity contribution in [3.63, 3.8) is 0 Å². The van der Waals surface area contributed by atoms with Gasteiger partial charge in [0.25, 0.3) is 11.2 Å². The van der Waals surface area contributed by atoms with Crippen LogP contribution >= 0.6 is 0 Å². The molecule has 0 saturated carbocycles. The number of nitrogens with zero attached hydrogens (tertiary/aromatic N) is 2. The highest BCUT2D eigenvalue weighted by atomic mass is 16.6. The first-order chi connectivity index (χ1) is 16.2. The molecule has 2 aromatic carbocycles. The standard InChI is InChI=1S/C22H20N6O6/c1-11-3-6-13(28(32)33)9-16(11)24-20(30)15-10-17(29)25-19-18(15)21(31)27-22(26-19)23-12-4-7-14(34-2)8-5-12/h3-9,15H,10H2,1-2H3,(H,24,30)(H3,23,25,26,27,29,31)/t15-/m0/s1. The summed E-state index contributed by atoms with van der Waals surface area (Å²) in [6.07, 6.45) is -0.275. The Kier molecular flexibility index (Phi) is 5.95. The average Bonchev–Trinajstić information content (AvgIpc) is 2.80. The number of aromatic amines is 1. The Hall–Kier alpha value is -4.74. The zero-order valence-electron chi connectivity index (χ0n) is 18.2. The zero-order chi connectivity index (χ0) is 24.4. The minimum Gasteiger partial charge on any atom is -0.497 e. The summed E-state index contributed by atoms with van der Waals surface area (Å²) in [5.41, 5.74) is 0.620. The molecule has 34 heavy (non-hydrogen) atoms. The number of hydrogen-bond donors (Lipinski definition) is 4. The number of nitrogens with one attached hydrogen (secondary N) is 4. The van der Waals surface area contributed by atoms with Gasteiger partial charge in [0, 0.05) is 24.2 Å². The van der Waals surface area contributed by atoms with E-state index in [9.17, 15) is 24.5 Å². The van der Waals surface area contributed by atoms with E-state index in [1.165, 1.54) is 18.2 Å². The van der Waals surface area contributed by atoms with Gasteiger partial charge in [-0.05, 0) is 36.8 Å². The van der Waals surface area contributed by atoms with Crippen LogP contribution in [0.25, 0.3) is 0 Å². The van der Waals surface area contributed by atoms with Crippen LogP contribution in [0.4, 0.5) is 28.8 Å². The molecule has 0 spiro atoms. The van der Waals surface area contributed by atoms with Crippen molar-refractivity contribution in [1.82, 2.24) is 9.97 Å². The number of hydrogen-bond acceptors (Lipinski definition) is 8. The molecule has 0 fully saturated rings. The van der Waals surface area contributed by atoms with Crippen LogP contribution in [0.3, 0.4) is 0 Å². The van der Waals surface area contributed by atoms with Crippen molar-refractivity contribution in [2.45, 2.75) is 19.3 Å². The largest absolute Gasteiger partial charge is 0.497 e. The molecule has 0 radical (unpaired) electrons. The summed E-state index contributed by atoms with van der Waals surface area (Å²) in [6.45, 7) is 1.67. The third-order valence-corrected chi connectivity index (χ3v) is 5.31. The van der Waals surface area contributed by atoms with E-state index in [0.29, 0.717) is 17.0 Å². The first-order valence-electron chi connectivity index (χ1n) is 10.2. The summed E-state index contributed by atoms with van der Waals surface area (Å²) in [5.74, 6) is -1.58. The number of ether oxygens (including phenoxy) is 1. The Balaban J connectivity index is 1.62. The Morgan fingerprint density at radius 1 is 1.21 bits per heavy atom. The van der Waals surface area contributed by atoms with Gasteiger partial charge in [-0.2, -0.15) is 4.98 Å². The van der Waals surface area contributed by atoms with Crippen molar-refractivity contribution < 1.29 is 19.2 Å². The number of aromatic nitrogens is 2. The number of carbonyl (C=O) groups is 2. The summed E-state index contributed by atoms with van der Waals surface area (Å²) in [5, 5.41) is 19.1. The number of nitro groups is 1. The first kappa shape index (κ1) is 22.5. The molecule has 3 aromatic rings. The van der Waals surface area contributed by atoms with E-state index >= 15 is 0 Å². The van der Waals surface area contributed by atoms with Gasteiger partial charge in [-0.1, -0.05) is 6.07 Å². The first-order valence-corrected chi connectivity index (χ1v) is 10.2. The van der Waals surface area contributed by atoms with Crippen molar-refractivity contribution in [1.29, 1.82) is 0 Å². The van der Waals surface area contributed by atoms with E-state index in [4.69, 9.17) is 4.74 Å². The third kappa shape index (κ3) is 4.55. The van der Waals surface area contributed by atoms with E-state index in [-0.39, 0.29) is 35.1 Å². The lowest BCUT2D eigenvalue weighted by Crippen LogP contribution is -2.36. The van der Waals surface area contributed by atoms with Gasteiger partial charge in [-0.3, -0.25) is 29.5 Å². The lowest BCUT2D eigenvalue weighted by molar-refractivity contribution is -0.384. The van der Waals surface area contributed by atoms with Crippen molar-refractivity contribution in [3.8, 4) is 5.75 Å². The molecule has 0 saturated heterocycles. The van der Waals surface area contributed by atoms with Crippen molar-refractivity contribution in [3.05, 3.63) is 74.1 Å². The van der Waals surface area contributed by atoms with E-state index in [1.807, 2.05) is 0 Å². The van der Waals surface area contributed by atoms with Crippen LogP contribution in [-0.2, 0) is 9.59 Å². The number of carbonyl (C=O) groups excluding carboxylic acids is 2. The molecule has 0 bridgehead atoms. The smallest absolute Gasteiger partial charge is 0.271 e. The molecule has 12 nitrogen and oxygen atoms in total. The predicted octanol–water partition coefficient (Wildman–Crippen LogP) is 2.80. The molecule has 1 aromatic heterocycles. The number of anilines is 4. The van der Waals surface area contributed by atoms with Crippen LogP contribution in [0, 0.1) is 17.0 Å². The molecule has 1 atom stereocenters. The summed E-state index contributed by atoms with van der Waals surface area (Å²) in [6, 6.07) is 10.9. The normalized spacial score (nSPS) is 14.5. The van der Waals surface area contributed by atoms with Crippen LogP contribution in [0.1, 0.15) is 23.5 Å². The number of benzene rings is 2. The van der Waals surface area contributed by atoms with E-state index in [1.54, 1.807) is 38.3 Å². The van der Waals surface area contributed by atoms with Gasteiger partial charge in [-0.15, -0.1) is 0 Å². The molecular formula is C22H20N6O6. The van der Waals surface area contributed by atoms with Crippen LogP contribution in [0.15, 0.2) is 47.3 Å². The maximum absolute atomic E-state index is 13.0. The highest BCUT2D eigenvalue weighted by Crippen LogP contribution is 2.31. The number of nitro benzene ring substituents is 1. The number of amides is 2. The molecule has 4 N–H and O–H groups in total. The second kappa shape index (κ2) is 9.02. The minimum atomic E-state index is -1.13. The van der Waals surface area contributed by atoms with E-state index in [0.717, 1.165) is 0 Å². The number of fused-ring (bicyclic) bond motifs is 1. The monoisotopic (exact) mass is 464 g/mol. The second-order valence-corrected chi connectivity index (χ2v) is 7.58. The molecule has 4 rings (SSSR count). The SMILES string of the molecule is COc1ccc(Nc2nc3c(c(=O)[nH]2)[C@@H](C(=O)Nc2cc([N+](=O)[O-])ccc2C)CC(=O)N3)cc1. The topological polar surface area (TPSA) is 168 Å². The summed E-state index contributed by atoms with van der Waals surface area (Å²) in [7, 11) is 1.54. The average molecular weight is 464 g/mol. The second-order valence-electron chi connectivity index (χ2n) is 7.58. The van der Waals surface area contributed by atoms with Gasteiger partial charge in [0.1, 0.15) is 11.6 Å². The van der Waals surface area contributed by atoms with Crippen LogP contribution in [0.2, 0.25) is 0 Å². The molecule has 12 heteroatoms. The quantitative estimate of drug-likeness (QED) is 0.319.